The van der Waals surface area contributed by atoms with Crippen LogP contribution in [0, 0.1) is 5.41 Å². The summed E-state index contributed by atoms with van der Waals surface area (Å²) in [6.07, 6.45) is -4.45. The first-order valence-corrected chi connectivity index (χ1v) is 5.23. The molecule has 0 aromatic heterocycles. The molecule has 1 rings (SSSR count). The molecule has 1 aromatic rings. The highest BCUT2D eigenvalue weighted by atomic mass is 19.4. The fourth-order valence-electron chi connectivity index (χ4n) is 1.28. The minimum atomic E-state index is -4.45. The summed E-state index contributed by atoms with van der Waals surface area (Å²) in [6, 6.07) is 5.12. The van der Waals surface area contributed by atoms with Gasteiger partial charge in [0.15, 0.2) is 0 Å². The van der Waals surface area contributed by atoms with Gasteiger partial charge in [-0.05, 0) is 24.3 Å². The van der Waals surface area contributed by atoms with E-state index in [9.17, 15) is 18.0 Å². The lowest BCUT2D eigenvalue weighted by molar-refractivity contribution is -0.122. The maximum Gasteiger partial charge on any atom is 0.405 e. The smallest absolute Gasteiger partial charge is 0.384 e. The molecule has 0 aliphatic rings. The van der Waals surface area contributed by atoms with E-state index < -0.39 is 18.8 Å². The van der Waals surface area contributed by atoms with Crippen LogP contribution in [0.3, 0.4) is 0 Å². The Bertz CT molecular complexity index is 470. The van der Waals surface area contributed by atoms with Crippen molar-refractivity contribution in [2.45, 2.75) is 6.18 Å². The van der Waals surface area contributed by atoms with Crippen molar-refractivity contribution in [3.05, 3.63) is 29.8 Å². The number of anilines is 1. The monoisotopic (exact) mass is 274 g/mol. The van der Waals surface area contributed by atoms with Crippen LogP contribution < -0.4 is 16.0 Å². The molecule has 0 aliphatic carbocycles. The maximum atomic E-state index is 12.0. The normalized spacial score (nSPS) is 10.9. The van der Waals surface area contributed by atoms with Gasteiger partial charge in [0, 0.05) is 18.3 Å². The van der Waals surface area contributed by atoms with Crippen LogP contribution in [0.1, 0.15) is 5.56 Å². The quantitative estimate of drug-likeness (QED) is 0.579. The predicted octanol–water partition coefficient (Wildman–Crippen LogP) is 1.68. The molecule has 0 spiro atoms. The number of halogens is 3. The number of amidine groups is 1. The van der Waals surface area contributed by atoms with Crippen LogP contribution in [0.4, 0.5) is 23.7 Å². The van der Waals surface area contributed by atoms with Gasteiger partial charge in [-0.25, -0.2) is 4.79 Å². The van der Waals surface area contributed by atoms with Gasteiger partial charge in [0.25, 0.3) is 0 Å². The Morgan fingerprint density at radius 1 is 1.37 bits per heavy atom. The minimum Gasteiger partial charge on any atom is -0.384 e. The second-order valence-electron chi connectivity index (χ2n) is 3.79. The summed E-state index contributed by atoms with van der Waals surface area (Å²) in [5.74, 6) is -0.129. The Morgan fingerprint density at radius 3 is 2.32 bits per heavy atom. The largest absolute Gasteiger partial charge is 0.405 e. The van der Waals surface area contributed by atoms with Crippen LogP contribution in [0.2, 0.25) is 0 Å². The zero-order valence-electron chi connectivity index (χ0n) is 10.1. The molecule has 104 valence electrons. The Hall–Kier alpha value is -2.25. The van der Waals surface area contributed by atoms with Gasteiger partial charge in [-0.3, -0.25) is 10.3 Å². The minimum absolute atomic E-state index is 0.129. The van der Waals surface area contributed by atoms with Gasteiger partial charge in [0.1, 0.15) is 12.4 Å². The predicted molar refractivity (Wildman–Crippen MR) is 65.3 cm³/mol. The van der Waals surface area contributed by atoms with Crippen molar-refractivity contribution >= 4 is 17.6 Å². The molecule has 1 aromatic carbocycles. The van der Waals surface area contributed by atoms with E-state index in [1.54, 1.807) is 5.32 Å². The van der Waals surface area contributed by atoms with Gasteiger partial charge < -0.3 is 11.1 Å². The number of alkyl halides is 3. The van der Waals surface area contributed by atoms with Crippen molar-refractivity contribution in [3.8, 4) is 0 Å². The molecule has 0 unspecified atom stereocenters. The second kappa shape index (κ2) is 5.59. The number of hydrogen-bond donors (Lipinski definition) is 3. The number of carbonyl (C=O) groups excluding carboxylic acids is 1. The first kappa shape index (κ1) is 14.8. The van der Waals surface area contributed by atoms with E-state index in [-0.39, 0.29) is 5.84 Å². The topological polar surface area (TPSA) is 82.2 Å². The van der Waals surface area contributed by atoms with Crippen molar-refractivity contribution in [3.63, 3.8) is 0 Å². The molecule has 0 radical (unpaired) electrons. The summed E-state index contributed by atoms with van der Waals surface area (Å²) < 4.78 is 35.9. The van der Waals surface area contributed by atoms with Crippen molar-refractivity contribution in [1.82, 2.24) is 5.32 Å². The molecule has 19 heavy (non-hydrogen) atoms. The number of nitrogen functional groups attached to an aromatic ring is 1. The Kier molecular flexibility index (Phi) is 4.36. The van der Waals surface area contributed by atoms with Crippen LogP contribution in [0.5, 0.6) is 0 Å². The molecule has 0 aliphatic heterocycles. The molecule has 2 amide bonds. The molecule has 0 saturated heterocycles. The molecular formula is C11H13F3N4O. The highest BCUT2D eigenvalue weighted by Gasteiger charge is 2.28. The van der Waals surface area contributed by atoms with Crippen LogP contribution in [-0.2, 0) is 0 Å². The van der Waals surface area contributed by atoms with Crippen LogP contribution in [0.15, 0.2) is 24.3 Å². The SMILES string of the molecule is CN(C(=O)NCC(F)(F)F)c1ccc(C(=N)N)cc1. The van der Waals surface area contributed by atoms with Gasteiger partial charge in [0.05, 0.1) is 0 Å². The highest BCUT2D eigenvalue weighted by molar-refractivity contribution is 5.96. The fourth-order valence-corrected chi connectivity index (χ4v) is 1.28. The standard InChI is InChI=1S/C11H13F3N4O/c1-18(10(19)17-6-11(12,13)14)8-4-2-7(3-5-8)9(15)16/h2-5H,6H2,1H3,(H3,15,16)(H,17,19). The van der Waals surface area contributed by atoms with E-state index >= 15 is 0 Å². The van der Waals surface area contributed by atoms with E-state index in [2.05, 4.69) is 0 Å². The summed E-state index contributed by atoms with van der Waals surface area (Å²) in [7, 11) is 1.34. The number of nitrogens with one attached hydrogen (secondary N) is 2. The van der Waals surface area contributed by atoms with E-state index in [4.69, 9.17) is 11.1 Å². The molecule has 5 nitrogen and oxygen atoms in total. The Morgan fingerprint density at radius 2 is 1.89 bits per heavy atom. The third kappa shape index (κ3) is 4.49. The van der Waals surface area contributed by atoms with E-state index in [1.807, 2.05) is 0 Å². The molecule has 0 saturated carbocycles. The van der Waals surface area contributed by atoms with Gasteiger partial charge in [-0.2, -0.15) is 13.2 Å². The third-order valence-electron chi connectivity index (χ3n) is 2.31. The van der Waals surface area contributed by atoms with Crippen molar-refractivity contribution in [2.75, 3.05) is 18.5 Å². The van der Waals surface area contributed by atoms with Gasteiger partial charge in [0.2, 0.25) is 0 Å². The molecule has 0 bridgehead atoms. The number of nitrogens with zero attached hydrogens (tertiary/aromatic N) is 1. The molecule has 8 heteroatoms. The molecular weight excluding hydrogens is 261 g/mol. The number of rotatable bonds is 3. The number of hydrogen-bond acceptors (Lipinski definition) is 2. The molecule has 0 heterocycles. The highest BCUT2D eigenvalue weighted by Crippen LogP contribution is 2.15. The number of benzene rings is 1. The average molecular weight is 274 g/mol. The lowest BCUT2D eigenvalue weighted by atomic mass is 10.2. The molecule has 0 fully saturated rings. The molecule has 4 N–H and O–H groups in total. The van der Waals surface area contributed by atoms with Crippen molar-refractivity contribution in [2.24, 2.45) is 5.73 Å². The van der Waals surface area contributed by atoms with Crippen LogP contribution in [-0.4, -0.2) is 31.6 Å². The Balaban J connectivity index is 2.69. The van der Waals surface area contributed by atoms with E-state index in [1.165, 1.54) is 31.3 Å². The zero-order valence-corrected chi connectivity index (χ0v) is 10.1. The number of carbonyl (C=O) groups is 1. The van der Waals surface area contributed by atoms with Crippen molar-refractivity contribution in [1.29, 1.82) is 5.41 Å². The number of nitrogens with two attached hydrogens (primary N) is 1. The van der Waals surface area contributed by atoms with Crippen molar-refractivity contribution < 1.29 is 18.0 Å². The third-order valence-corrected chi connectivity index (χ3v) is 2.31. The summed E-state index contributed by atoms with van der Waals surface area (Å²) in [5, 5.41) is 8.95. The first-order chi connectivity index (χ1) is 8.70. The van der Waals surface area contributed by atoms with Gasteiger partial charge in [-0.1, -0.05) is 0 Å². The zero-order chi connectivity index (χ0) is 14.6. The van der Waals surface area contributed by atoms with Gasteiger partial charge in [-0.15, -0.1) is 0 Å². The summed E-state index contributed by atoms with van der Waals surface area (Å²) >= 11 is 0. The van der Waals surface area contributed by atoms with E-state index in [0.717, 1.165) is 4.90 Å². The summed E-state index contributed by atoms with van der Waals surface area (Å²) in [6.45, 7) is -1.39. The average Bonchev–Trinajstić information content (AvgIpc) is 2.34. The maximum absolute atomic E-state index is 12.0. The molecule has 0 atom stereocenters. The fraction of sp³-hybridized carbons (Fsp3) is 0.273. The van der Waals surface area contributed by atoms with E-state index in [0.29, 0.717) is 11.3 Å². The van der Waals surface area contributed by atoms with Crippen LogP contribution in [0.25, 0.3) is 0 Å². The van der Waals surface area contributed by atoms with Crippen LogP contribution >= 0.6 is 0 Å². The first-order valence-electron chi connectivity index (χ1n) is 5.23. The number of amides is 2. The van der Waals surface area contributed by atoms with Gasteiger partial charge >= 0.3 is 12.2 Å². The second-order valence-corrected chi connectivity index (χ2v) is 3.79. The Labute approximate surface area is 107 Å². The summed E-state index contributed by atoms with van der Waals surface area (Å²) in [4.78, 5) is 12.5. The summed E-state index contributed by atoms with van der Waals surface area (Å²) in [5.41, 5.74) is 6.12. The lowest BCUT2D eigenvalue weighted by Gasteiger charge is -2.19. The number of urea groups is 1. The lowest BCUT2D eigenvalue weighted by Crippen LogP contribution is -2.41.